The third-order valence-corrected chi connectivity index (χ3v) is 9.59. The predicted octanol–water partition coefficient (Wildman–Crippen LogP) is 1.83. The number of allylic oxidation sites excluding steroid dienone is 1. The van der Waals surface area contributed by atoms with Crippen LogP contribution < -0.4 is 0 Å². The highest BCUT2D eigenvalue weighted by molar-refractivity contribution is 6.09. The monoisotopic (exact) mass is 530 g/mol. The summed E-state index contributed by atoms with van der Waals surface area (Å²) in [7, 11) is 0. The van der Waals surface area contributed by atoms with E-state index in [0.29, 0.717) is 5.57 Å². The maximum Gasteiger partial charge on any atom is 0.333 e. The average molecular weight is 531 g/mol. The first-order valence-corrected chi connectivity index (χ1v) is 13.1. The highest BCUT2D eigenvalue weighted by Crippen LogP contribution is 2.76. The molecule has 0 aromatic rings. The maximum atomic E-state index is 14.0. The average Bonchev–Trinajstić information content (AvgIpc) is 3.29. The highest BCUT2D eigenvalue weighted by Gasteiger charge is 2.86. The van der Waals surface area contributed by atoms with Crippen molar-refractivity contribution in [3.05, 3.63) is 34.9 Å². The number of aliphatic hydroxyl groups is 3. The lowest BCUT2D eigenvalue weighted by Gasteiger charge is -2.50. The highest BCUT2D eigenvalue weighted by atomic mass is 16.6. The Kier molecular flexibility index (Phi) is 6.70. The van der Waals surface area contributed by atoms with Crippen LogP contribution in [-0.4, -0.2) is 68.8 Å². The minimum Gasteiger partial charge on any atom is -0.462 e. The van der Waals surface area contributed by atoms with Gasteiger partial charge in [0.2, 0.25) is 0 Å². The molecular weight excluding hydrogens is 492 g/mol. The first-order chi connectivity index (χ1) is 17.6. The molecule has 0 radical (unpaired) electrons. The number of ether oxygens (including phenoxy) is 2. The van der Waals surface area contributed by atoms with Gasteiger partial charge in [0.1, 0.15) is 12.2 Å². The van der Waals surface area contributed by atoms with E-state index in [-0.39, 0.29) is 24.2 Å². The summed E-state index contributed by atoms with van der Waals surface area (Å²) in [5.74, 6) is -6.71. The van der Waals surface area contributed by atoms with Gasteiger partial charge in [-0.05, 0) is 44.8 Å². The zero-order valence-corrected chi connectivity index (χ0v) is 23.0. The summed E-state index contributed by atoms with van der Waals surface area (Å²) >= 11 is 0. The molecule has 0 spiro atoms. The predicted molar refractivity (Wildman–Crippen MR) is 135 cm³/mol. The Hall–Kier alpha value is -2.62. The number of esters is 2. The summed E-state index contributed by atoms with van der Waals surface area (Å²) in [4.78, 5) is 52.6. The zero-order valence-electron chi connectivity index (χ0n) is 23.0. The molecule has 9 heteroatoms. The molecule has 8 atom stereocenters. The lowest BCUT2D eigenvalue weighted by Crippen LogP contribution is -2.62. The van der Waals surface area contributed by atoms with Crippen LogP contribution in [0.4, 0.5) is 0 Å². The summed E-state index contributed by atoms with van der Waals surface area (Å²) < 4.78 is 11.7. The van der Waals surface area contributed by atoms with Crippen LogP contribution in [-0.2, 0) is 28.7 Å². The normalized spacial score (nSPS) is 41.9. The first-order valence-electron chi connectivity index (χ1n) is 13.1. The number of Topliss-reactive ketones (excluding diaryl/α,β-unsaturated/α-hetero) is 2. The Morgan fingerprint density at radius 1 is 1.24 bits per heavy atom. The molecule has 2 fully saturated rings. The third kappa shape index (κ3) is 3.54. The Labute approximate surface area is 222 Å². The minimum absolute atomic E-state index is 0.120. The summed E-state index contributed by atoms with van der Waals surface area (Å²) in [5, 5.41) is 34.1. The first kappa shape index (κ1) is 28.4. The molecule has 0 unspecified atom stereocenters. The molecule has 4 aliphatic rings. The van der Waals surface area contributed by atoms with Crippen molar-refractivity contribution in [3.63, 3.8) is 0 Å². The lowest BCUT2D eigenvalue weighted by atomic mass is 9.59. The van der Waals surface area contributed by atoms with Gasteiger partial charge in [0.05, 0.1) is 24.0 Å². The Morgan fingerprint density at radius 2 is 1.87 bits per heavy atom. The van der Waals surface area contributed by atoms with Gasteiger partial charge in [-0.1, -0.05) is 39.8 Å². The second-order valence-corrected chi connectivity index (χ2v) is 12.1. The Morgan fingerprint density at radius 3 is 2.42 bits per heavy atom. The van der Waals surface area contributed by atoms with Gasteiger partial charge in [-0.3, -0.25) is 14.4 Å². The quantitative estimate of drug-likeness (QED) is 0.346. The zero-order chi connectivity index (χ0) is 28.6. The van der Waals surface area contributed by atoms with E-state index in [0.717, 1.165) is 6.08 Å². The van der Waals surface area contributed by atoms with Crippen LogP contribution in [0.15, 0.2) is 34.9 Å². The van der Waals surface area contributed by atoms with E-state index in [2.05, 4.69) is 0 Å². The van der Waals surface area contributed by atoms with Gasteiger partial charge in [0.25, 0.3) is 0 Å². The largest absolute Gasteiger partial charge is 0.462 e. The molecule has 3 N–H and O–H groups in total. The van der Waals surface area contributed by atoms with Gasteiger partial charge in [-0.25, -0.2) is 4.79 Å². The molecule has 208 valence electrons. The van der Waals surface area contributed by atoms with Crippen molar-refractivity contribution in [3.8, 4) is 0 Å². The van der Waals surface area contributed by atoms with Crippen LogP contribution in [0.3, 0.4) is 0 Å². The molecular formula is C29H38O9. The van der Waals surface area contributed by atoms with E-state index in [9.17, 15) is 34.5 Å². The third-order valence-electron chi connectivity index (χ3n) is 9.59. The minimum atomic E-state index is -2.20. The van der Waals surface area contributed by atoms with E-state index in [4.69, 9.17) is 9.47 Å². The van der Waals surface area contributed by atoms with Crippen LogP contribution in [0.25, 0.3) is 0 Å². The van der Waals surface area contributed by atoms with E-state index >= 15 is 0 Å². The van der Waals surface area contributed by atoms with Crippen LogP contribution in [0.2, 0.25) is 0 Å². The summed E-state index contributed by atoms with van der Waals surface area (Å²) in [6, 6.07) is 0. The van der Waals surface area contributed by atoms with Crippen molar-refractivity contribution in [2.75, 3.05) is 13.2 Å². The number of carbonyl (C=O) groups excluding carboxylic acids is 4. The van der Waals surface area contributed by atoms with Gasteiger partial charge >= 0.3 is 11.9 Å². The molecule has 0 saturated heterocycles. The molecule has 2 saturated carbocycles. The molecule has 0 heterocycles. The molecule has 38 heavy (non-hydrogen) atoms. The van der Waals surface area contributed by atoms with Gasteiger partial charge in [-0.2, -0.15) is 0 Å². The van der Waals surface area contributed by atoms with Gasteiger partial charge < -0.3 is 24.8 Å². The molecule has 0 aliphatic heterocycles. The number of hydrogen-bond acceptors (Lipinski definition) is 9. The van der Waals surface area contributed by atoms with E-state index < -0.39 is 81.9 Å². The SMILES string of the molecule is C/C=C(/C)C(=O)OC[C@]1(C)[C@H]2[C@@H]3C(=O)C(CO)=C[C@]4(O)C(=O)C(C)=C[C@H]4[C@@]3(O)[C@H](C)C[C@]21OC(=O)C(C)C. The smallest absolute Gasteiger partial charge is 0.333 e. The molecule has 0 aromatic heterocycles. The van der Waals surface area contributed by atoms with Crippen molar-refractivity contribution < 1.29 is 44.0 Å². The Bertz CT molecular complexity index is 1190. The molecule has 4 aliphatic carbocycles. The van der Waals surface area contributed by atoms with Gasteiger partial charge in [0.15, 0.2) is 17.2 Å². The van der Waals surface area contributed by atoms with Crippen molar-refractivity contribution in [1.82, 2.24) is 0 Å². The van der Waals surface area contributed by atoms with Gasteiger partial charge in [0, 0.05) is 28.4 Å². The van der Waals surface area contributed by atoms with Crippen molar-refractivity contribution in [1.29, 1.82) is 0 Å². The summed E-state index contributed by atoms with van der Waals surface area (Å²) in [5.41, 5.74) is -5.96. The molecule has 9 nitrogen and oxygen atoms in total. The molecule has 0 amide bonds. The van der Waals surface area contributed by atoms with Crippen LogP contribution in [0.5, 0.6) is 0 Å². The number of ketones is 2. The number of carbonyl (C=O) groups is 4. The fourth-order valence-corrected chi connectivity index (χ4v) is 7.20. The summed E-state index contributed by atoms with van der Waals surface area (Å²) in [6.45, 7) is 10.8. The van der Waals surface area contributed by atoms with Crippen LogP contribution in [0.1, 0.15) is 54.9 Å². The second kappa shape index (κ2) is 8.96. The number of hydrogen-bond donors (Lipinski definition) is 3. The van der Waals surface area contributed by atoms with Crippen molar-refractivity contribution in [2.45, 2.75) is 71.7 Å². The van der Waals surface area contributed by atoms with Crippen LogP contribution >= 0.6 is 0 Å². The second-order valence-electron chi connectivity index (χ2n) is 12.1. The molecule has 0 bridgehead atoms. The Balaban J connectivity index is 1.88. The van der Waals surface area contributed by atoms with E-state index in [1.807, 2.05) is 0 Å². The topological polar surface area (TPSA) is 147 Å². The van der Waals surface area contributed by atoms with Crippen molar-refractivity contribution in [2.24, 2.45) is 35.0 Å². The fourth-order valence-electron chi connectivity index (χ4n) is 7.20. The number of rotatable bonds is 6. The van der Waals surface area contributed by atoms with Gasteiger partial charge in [-0.15, -0.1) is 0 Å². The van der Waals surface area contributed by atoms with E-state index in [1.54, 1.807) is 47.6 Å². The standard InChI is InChI=1S/C29H38O9/c1-8-15(4)25(34)37-13-26(7)22-20-21(31)18(12-30)11-27(35)19(9-16(5)23(27)32)29(20,36)17(6)10-28(22,26)38-24(33)14(2)3/h8-9,11,14,17,19-20,22,30,35-36H,10,12-13H2,1-7H3/b15-8-/t17-,19-,20+,22-,26-,27-,28+,29+/m1/s1. The molecule has 4 rings (SSSR count). The van der Waals surface area contributed by atoms with Crippen LogP contribution in [0, 0.1) is 35.0 Å². The fraction of sp³-hybridized carbons (Fsp3) is 0.655. The maximum absolute atomic E-state index is 14.0. The van der Waals surface area contributed by atoms with Crippen molar-refractivity contribution >= 4 is 23.5 Å². The lowest BCUT2D eigenvalue weighted by molar-refractivity contribution is -0.191. The molecule has 0 aromatic carbocycles. The number of fused-ring (bicyclic) bond motifs is 5. The van der Waals surface area contributed by atoms with E-state index in [1.165, 1.54) is 13.0 Å². The number of aliphatic hydroxyl groups excluding tert-OH is 1. The summed E-state index contributed by atoms with van der Waals surface area (Å²) in [6.07, 6.45) is 4.31.